The Morgan fingerprint density at radius 2 is 2.22 bits per heavy atom. The summed E-state index contributed by atoms with van der Waals surface area (Å²) >= 11 is 3.27. The number of thiazole rings is 1. The minimum Gasteiger partial charge on any atom is -0.338 e. The van der Waals surface area contributed by atoms with Gasteiger partial charge in [0.2, 0.25) is 0 Å². The molecule has 0 aliphatic heterocycles. The van der Waals surface area contributed by atoms with E-state index in [0.717, 1.165) is 25.0 Å². The molecule has 0 fully saturated rings. The topological polar surface area (TPSA) is 63.1 Å². The average Bonchev–Trinajstić information content (AvgIpc) is 3.35. The minimum absolute atomic E-state index is 0.00942. The van der Waals surface area contributed by atoms with E-state index in [4.69, 9.17) is 0 Å². The third kappa shape index (κ3) is 4.89. The number of halogens is 2. The number of aromatic nitrogens is 3. The molecule has 0 aliphatic carbocycles. The van der Waals surface area contributed by atoms with Gasteiger partial charge in [-0.05, 0) is 25.5 Å². The Balaban J connectivity index is 1.48. The molecular formula is C17H19F2N5OS2. The van der Waals surface area contributed by atoms with E-state index in [2.05, 4.69) is 15.3 Å². The highest BCUT2D eigenvalue weighted by Gasteiger charge is 2.16. The number of urea groups is 1. The highest BCUT2D eigenvalue weighted by Crippen LogP contribution is 2.29. The van der Waals surface area contributed by atoms with Crippen LogP contribution in [0.3, 0.4) is 0 Å². The van der Waals surface area contributed by atoms with Crippen LogP contribution in [0.25, 0.3) is 10.6 Å². The van der Waals surface area contributed by atoms with Gasteiger partial charge < -0.3 is 10.2 Å². The number of carbonyl (C=O) groups is 1. The van der Waals surface area contributed by atoms with Crippen molar-refractivity contribution in [2.24, 2.45) is 0 Å². The second-order valence-corrected chi connectivity index (χ2v) is 8.11. The van der Waals surface area contributed by atoms with Gasteiger partial charge in [0, 0.05) is 36.2 Å². The summed E-state index contributed by atoms with van der Waals surface area (Å²) in [6, 6.07) is 3.74. The van der Waals surface area contributed by atoms with Crippen LogP contribution < -0.4 is 5.32 Å². The Kier molecular flexibility index (Phi) is 6.17. The number of imidazole rings is 1. The van der Waals surface area contributed by atoms with Crippen LogP contribution in [-0.4, -0.2) is 39.1 Å². The molecule has 3 heterocycles. The van der Waals surface area contributed by atoms with Crippen molar-refractivity contribution in [2.75, 3.05) is 13.6 Å². The molecule has 0 aliphatic rings. The number of carbonyl (C=O) groups excluding carboxylic acids is 1. The van der Waals surface area contributed by atoms with Crippen LogP contribution >= 0.6 is 22.7 Å². The second-order valence-electron chi connectivity index (χ2n) is 5.88. The third-order valence-electron chi connectivity index (χ3n) is 3.87. The lowest BCUT2D eigenvalue weighted by molar-refractivity contribution is 0.0651. The molecule has 10 heteroatoms. The molecule has 0 saturated heterocycles. The Hall–Kier alpha value is -2.33. The van der Waals surface area contributed by atoms with Gasteiger partial charge in [-0.25, -0.2) is 14.8 Å². The molecule has 144 valence electrons. The van der Waals surface area contributed by atoms with Gasteiger partial charge in [-0.1, -0.05) is 0 Å². The largest absolute Gasteiger partial charge is 0.338 e. The molecule has 0 saturated carbocycles. The third-order valence-corrected chi connectivity index (χ3v) is 5.81. The van der Waals surface area contributed by atoms with Crippen LogP contribution in [0.1, 0.15) is 22.3 Å². The predicted octanol–water partition coefficient (Wildman–Crippen LogP) is 4.16. The number of nitrogens with one attached hydrogen (secondary N) is 1. The molecule has 0 radical (unpaired) electrons. The first-order valence-corrected chi connectivity index (χ1v) is 9.93. The molecule has 3 rings (SSSR count). The SMILES string of the molecule is Cc1nc(-c2ccc(CCNC(=O)N(C)Cc3nccn3C(F)F)s2)cs1. The molecule has 0 atom stereocenters. The quantitative estimate of drug-likeness (QED) is 0.635. The first kappa shape index (κ1) is 19.4. The molecule has 0 bridgehead atoms. The smallest absolute Gasteiger partial charge is 0.319 e. The number of rotatable bonds is 7. The van der Waals surface area contributed by atoms with Crippen molar-refractivity contribution in [1.29, 1.82) is 0 Å². The lowest BCUT2D eigenvalue weighted by Crippen LogP contribution is -2.38. The zero-order valence-corrected chi connectivity index (χ0v) is 16.5. The Morgan fingerprint density at radius 3 is 2.93 bits per heavy atom. The number of alkyl halides is 2. The van der Waals surface area contributed by atoms with E-state index in [1.165, 1.54) is 17.3 Å². The van der Waals surface area contributed by atoms with Crippen molar-refractivity contribution < 1.29 is 13.6 Å². The summed E-state index contributed by atoms with van der Waals surface area (Å²) < 4.78 is 26.4. The van der Waals surface area contributed by atoms with E-state index in [1.807, 2.05) is 24.4 Å². The van der Waals surface area contributed by atoms with Crippen molar-refractivity contribution in [3.8, 4) is 10.6 Å². The van der Waals surface area contributed by atoms with E-state index >= 15 is 0 Å². The number of nitrogens with zero attached hydrogens (tertiary/aromatic N) is 4. The molecule has 0 aromatic carbocycles. The van der Waals surface area contributed by atoms with E-state index in [-0.39, 0.29) is 18.4 Å². The molecule has 2 amide bonds. The van der Waals surface area contributed by atoms with Gasteiger partial charge in [-0.15, -0.1) is 22.7 Å². The molecule has 1 N–H and O–H groups in total. The van der Waals surface area contributed by atoms with E-state index < -0.39 is 6.55 Å². The fourth-order valence-corrected chi connectivity index (χ4v) is 4.14. The Morgan fingerprint density at radius 1 is 1.41 bits per heavy atom. The van der Waals surface area contributed by atoms with Gasteiger partial charge >= 0.3 is 12.6 Å². The van der Waals surface area contributed by atoms with Crippen molar-refractivity contribution in [2.45, 2.75) is 26.4 Å². The molecule has 0 spiro atoms. The van der Waals surface area contributed by atoms with Crippen LogP contribution in [-0.2, 0) is 13.0 Å². The molecule has 3 aromatic rings. The summed E-state index contributed by atoms with van der Waals surface area (Å²) in [5.41, 5.74) is 0.979. The van der Waals surface area contributed by atoms with Crippen LogP contribution in [0.2, 0.25) is 0 Å². The summed E-state index contributed by atoms with van der Waals surface area (Å²) in [6.07, 6.45) is 3.19. The minimum atomic E-state index is -2.67. The van der Waals surface area contributed by atoms with E-state index in [1.54, 1.807) is 29.7 Å². The molecular weight excluding hydrogens is 392 g/mol. The van der Waals surface area contributed by atoms with E-state index in [0.29, 0.717) is 13.0 Å². The highest BCUT2D eigenvalue weighted by molar-refractivity contribution is 7.16. The first-order chi connectivity index (χ1) is 12.9. The van der Waals surface area contributed by atoms with Crippen LogP contribution in [0.5, 0.6) is 0 Å². The van der Waals surface area contributed by atoms with Crippen LogP contribution in [0.15, 0.2) is 29.9 Å². The molecule has 27 heavy (non-hydrogen) atoms. The standard InChI is InChI=1S/C17H19F2N5OS2/c1-11-22-13(10-26-11)14-4-3-12(27-14)5-6-21-17(25)23(2)9-15-20-7-8-24(15)16(18)19/h3-4,7-8,10,16H,5-6,9H2,1-2H3,(H,21,25). The van der Waals surface area contributed by atoms with Gasteiger partial charge in [0.05, 0.1) is 22.1 Å². The number of hydrogen-bond donors (Lipinski definition) is 1. The number of hydrogen-bond acceptors (Lipinski definition) is 5. The fourth-order valence-electron chi connectivity index (χ4n) is 2.48. The monoisotopic (exact) mass is 411 g/mol. The Labute approximate surface area is 163 Å². The summed E-state index contributed by atoms with van der Waals surface area (Å²) in [5.74, 6) is 0.143. The predicted molar refractivity (Wildman–Crippen MR) is 102 cm³/mol. The highest BCUT2D eigenvalue weighted by atomic mass is 32.1. The number of thiophene rings is 1. The van der Waals surface area contributed by atoms with E-state index in [9.17, 15) is 13.6 Å². The van der Waals surface area contributed by atoms with Crippen LogP contribution in [0, 0.1) is 6.92 Å². The summed E-state index contributed by atoms with van der Waals surface area (Å²) in [6.45, 7) is -0.228. The molecule has 6 nitrogen and oxygen atoms in total. The van der Waals surface area contributed by atoms with Crippen molar-refractivity contribution >= 4 is 28.7 Å². The molecule has 3 aromatic heterocycles. The van der Waals surface area contributed by atoms with Gasteiger partial charge in [0.15, 0.2) is 0 Å². The normalized spacial score (nSPS) is 11.1. The summed E-state index contributed by atoms with van der Waals surface area (Å²) in [4.78, 5) is 24.1. The van der Waals surface area contributed by atoms with Crippen molar-refractivity contribution in [3.63, 3.8) is 0 Å². The summed E-state index contributed by atoms with van der Waals surface area (Å²) in [5, 5.41) is 5.86. The fraction of sp³-hybridized carbons (Fsp3) is 0.353. The van der Waals surface area contributed by atoms with Crippen molar-refractivity contribution in [1.82, 2.24) is 24.8 Å². The summed E-state index contributed by atoms with van der Waals surface area (Å²) in [7, 11) is 1.55. The van der Waals surface area contributed by atoms with Gasteiger partial charge in [0.25, 0.3) is 0 Å². The van der Waals surface area contributed by atoms with Gasteiger partial charge in [-0.2, -0.15) is 8.78 Å². The Bertz CT molecular complexity index is 905. The van der Waals surface area contributed by atoms with Gasteiger partial charge in [-0.3, -0.25) is 4.57 Å². The maximum absolute atomic E-state index is 12.8. The number of aryl methyl sites for hydroxylation is 1. The average molecular weight is 412 g/mol. The zero-order chi connectivity index (χ0) is 19.4. The van der Waals surface area contributed by atoms with Crippen molar-refractivity contribution in [3.05, 3.63) is 45.6 Å². The molecule has 0 unspecified atom stereocenters. The first-order valence-electron chi connectivity index (χ1n) is 8.24. The maximum Gasteiger partial charge on any atom is 0.319 e. The zero-order valence-electron chi connectivity index (χ0n) is 14.9. The lowest BCUT2D eigenvalue weighted by atomic mass is 10.3. The lowest BCUT2D eigenvalue weighted by Gasteiger charge is -2.18. The number of amides is 2. The van der Waals surface area contributed by atoms with Crippen LogP contribution in [0.4, 0.5) is 13.6 Å². The van der Waals surface area contributed by atoms with Gasteiger partial charge in [0.1, 0.15) is 5.82 Å². The maximum atomic E-state index is 12.8. The second kappa shape index (κ2) is 8.57.